The summed E-state index contributed by atoms with van der Waals surface area (Å²) in [6.07, 6.45) is -2.65. The Morgan fingerprint density at radius 2 is 1.88 bits per heavy atom. The molecule has 0 aromatic rings. The number of rotatable bonds is 4. The first-order valence-corrected chi connectivity index (χ1v) is 4.87. The first kappa shape index (κ1) is 12.8. The molecule has 0 atom stereocenters. The van der Waals surface area contributed by atoms with E-state index in [0.717, 1.165) is 6.42 Å². The molecule has 1 rings (SSSR count). The Morgan fingerprint density at radius 3 is 2.19 bits per heavy atom. The van der Waals surface area contributed by atoms with E-state index in [9.17, 15) is 22.8 Å². The standard InChI is InChI=1S/C9H12F3NO3/c10-9(11,12)5-13(4-7(14)15)8(16)6-2-1-3-6/h6H,1-5H2,(H,14,15). The lowest BCUT2D eigenvalue weighted by Crippen LogP contribution is -2.46. The first-order chi connectivity index (χ1) is 7.29. The summed E-state index contributed by atoms with van der Waals surface area (Å²) >= 11 is 0. The summed E-state index contributed by atoms with van der Waals surface area (Å²) in [5.74, 6) is -2.57. The van der Waals surface area contributed by atoms with Crippen LogP contribution < -0.4 is 0 Å². The fraction of sp³-hybridized carbons (Fsp3) is 0.778. The van der Waals surface area contributed by atoms with Gasteiger partial charge in [0.1, 0.15) is 13.1 Å². The largest absolute Gasteiger partial charge is 0.480 e. The van der Waals surface area contributed by atoms with E-state index in [-0.39, 0.29) is 0 Å². The number of halogens is 3. The fourth-order valence-electron chi connectivity index (χ4n) is 1.50. The zero-order valence-corrected chi connectivity index (χ0v) is 8.46. The number of hydrogen-bond donors (Lipinski definition) is 1. The molecule has 0 saturated heterocycles. The monoisotopic (exact) mass is 239 g/mol. The van der Waals surface area contributed by atoms with Gasteiger partial charge in [-0.2, -0.15) is 13.2 Å². The fourth-order valence-corrected chi connectivity index (χ4v) is 1.50. The second-order valence-electron chi connectivity index (χ2n) is 3.83. The Hall–Kier alpha value is -1.27. The number of amides is 1. The molecule has 1 aliphatic carbocycles. The maximum atomic E-state index is 12.1. The molecule has 16 heavy (non-hydrogen) atoms. The second-order valence-corrected chi connectivity index (χ2v) is 3.83. The smallest absolute Gasteiger partial charge is 0.406 e. The van der Waals surface area contributed by atoms with Crippen molar-refractivity contribution in [3.05, 3.63) is 0 Å². The van der Waals surface area contributed by atoms with E-state index in [1.165, 1.54) is 0 Å². The highest BCUT2D eigenvalue weighted by atomic mass is 19.4. The van der Waals surface area contributed by atoms with Crippen LogP contribution in [0, 0.1) is 5.92 Å². The van der Waals surface area contributed by atoms with Crippen LogP contribution in [-0.2, 0) is 9.59 Å². The molecule has 0 heterocycles. The van der Waals surface area contributed by atoms with E-state index in [2.05, 4.69) is 0 Å². The maximum absolute atomic E-state index is 12.1. The van der Waals surface area contributed by atoms with Gasteiger partial charge in [0.05, 0.1) is 0 Å². The molecule has 0 bridgehead atoms. The summed E-state index contributed by atoms with van der Waals surface area (Å²) in [5.41, 5.74) is 0. The van der Waals surface area contributed by atoms with Gasteiger partial charge in [-0.3, -0.25) is 9.59 Å². The van der Waals surface area contributed by atoms with Gasteiger partial charge in [0, 0.05) is 5.92 Å². The molecule has 0 radical (unpaired) electrons. The van der Waals surface area contributed by atoms with Crippen LogP contribution in [0.2, 0.25) is 0 Å². The summed E-state index contributed by atoms with van der Waals surface area (Å²) in [6, 6.07) is 0. The van der Waals surface area contributed by atoms with Crippen LogP contribution in [0.5, 0.6) is 0 Å². The number of nitrogens with zero attached hydrogens (tertiary/aromatic N) is 1. The van der Waals surface area contributed by atoms with Crippen LogP contribution in [0.15, 0.2) is 0 Å². The average Bonchev–Trinajstić information content (AvgIpc) is 1.95. The van der Waals surface area contributed by atoms with E-state index in [1.54, 1.807) is 0 Å². The van der Waals surface area contributed by atoms with Crippen molar-refractivity contribution >= 4 is 11.9 Å². The van der Waals surface area contributed by atoms with Crippen LogP contribution in [0.3, 0.4) is 0 Å². The highest BCUT2D eigenvalue weighted by Gasteiger charge is 2.37. The molecular weight excluding hydrogens is 227 g/mol. The molecule has 0 aliphatic heterocycles. The minimum Gasteiger partial charge on any atom is -0.480 e. The number of aliphatic carboxylic acids is 1. The van der Waals surface area contributed by atoms with E-state index < -0.39 is 37.1 Å². The number of carboxylic acid groups (broad SMARTS) is 1. The molecule has 1 amide bonds. The lowest BCUT2D eigenvalue weighted by molar-refractivity contribution is -0.169. The van der Waals surface area contributed by atoms with Crippen LogP contribution in [0.1, 0.15) is 19.3 Å². The molecule has 0 unspecified atom stereocenters. The molecule has 0 spiro atoms. The van der Waals surface area contributed by atoms with E-state index in [4.69, 9.17) is 5.11 Å². The van der Waals surface area contributed by atoms with Crippen LogP contribution >= 0.6 is 0 Å². The number of carboxylic acids is 1. The van der Waals surface area contributed by atoms with Gasteiger partial charge in [-0.1, -0.05) is 6.42 Å². The molecule has 1 N–H and O–H groups in total. The molecule has 0 aromatic heterocycles. The number of carbonyl (C=O) groups excluding carboxylic acids is 1. The van der Waals surface area contributed by atoms with Crippen LogP contribution in [0.4, 0.5) is 13.2 Å². The van der Waals surface area contributed by atoms with E-state index >= 15 is 0 Å². The molecule has 1 saturated carbocycles. The summed E-state index contributed by atoms with van der Waals surface area (Å²) in [4.78, 5) is 22.2. The van der Waals surface area contributed by atoms with Gasteiger partial charge >= 0.3 is 12.1 Å². The van der Waals surface area contributed by atoms with Crippen LogP contribution in [0.25, 0.3) is 0 Å². The van der Waals surface area contributed by atoms with Gasteiger partial charge in [-0.05, 0) is 12.8 Å². The molecule has 4 nitrogen and oxygen atoms in total. The molecule has 7 heteroatoms. The average molecular weight is 239 g/mol. The molecule has 92 valence electrons. The molecule has 0 aromatic carbocycles. The maximum Gasteiger partial charge on any atom is 0.406 e. The van der Waals surface area contributed by atoms with Crippen molar-refractivity contribution in [3.63, 3.8) is 0 Å². The molecule has 1 aliphatic rings. The summed E-state index contributed by atoms with van der Waals surface area (Å²) < 4.78 is 36.3. The first-order valence-electron chi connectivity index (χ1n) is 4.87. The lowest BCUT2D eigenvalue weighted by atomic mass is 9.84. The Labute approximate surface area is 90.0 Å². The quantitative estimate of drug-likeness (QED) is 0.803. The Bertz CT molecular complexity index is 286. The van der Waals surface area contributed by atoms with Crippen molar-refractivity contribution in [1.82, 2.24) is 4.90 Å². The number of hydrogen-bond acceptors (Lipinski definition) is 2. The van der Waals surface area contributed by atoms with Gasteiger partial charge in [0.25, 0.3) is 0 Å². The second kappa shape index (κ2) is 4.71. The van der Waals surface area contributed by atoms with Gasteiger partial charge < -0.3 is 10.0 Å². The third kappa shape index (κ3) is 3.71. The van der Waals surface area contributed by atoms with Crippen molar-refractivity contribution in [1.29, 1.82) is 0 Å². The highest BCUT2D eigenvalue weighted by molar-refractivity contribution is 5.83. The Balaban J connectivity index is 2.61. The summed E-state index contributed by atoms with van der Waals surface area (Å²) in [7, 11) is 0. The van der Waals surface area contributed by atoms with E-state index in [1.807, 2.05) is 0 Å². The predicted molar refractivity (Wildman–Crippen MR) is 47.6 cm³/mol. The summed E-state index contributed by atoms with van der Waals surface area (Å²) in [6.45, 7) is -2.39. The third-order valence-electron chi connectivity index (χ3n) is 2.46. The Morgan fingerprint density at radius 1 is 1.31 bits per heavy atom. The zero-order chi connectivity index (χ0) is 12.3. The van der Waals surface area contributed by atoms with Gasteiger partial charge in [-0.25, -0.2) is 0 Å². The normalized spacial score (nSPS) is 16.7. The van der Waals surface area contributed by atoms with Gasteiger partial charge in [0.15, 0.2) is 0 Å². The van der Waals surface area contributed by atoms with Gasteiger partial charge in [0.2, 0.25) is 5.91 Å². The Kier molecular flexibility index (Phi) is 3.77. The topological polar surface area (TPSA) is 57.6 Å². The third-order valence-corrected chi connectivity index (χ3v) is 2.46. The minimum absolute atomic E-state index is 0.367. The van der Waals surface area contributed by atoms with Crippen LogP contribution in [-0.4, -0.2) is 41.1 Å². The summed E-state index contributed by atoms with van der Waals surface area (Å²) in [5, 5.41) is 8.44. The number of carbonyl (C=O) groups is 2. The zero-order valence-electron chi connectivity index (χ0n) is 8.46. The van der Waals surface area contributed by atoms with Crippen molar-refractivity contribution in [2.24, 2.45) is 5.92 Å². The molecule has 1 fully saturated rings. The van der Waals surface area contributed by atoms with Crippen molar-refractivity contribution in [2.75, 3.05) is 13.1 Å². The SMILES string of the molecule is O=C(O)CN(CC(F)(F)F)C(=O)C1CCC1. The minimum atomic E-state index is -4.56. The molecular formula is C9H12F3NO3. The lowest BCUT2D eigenvalue weighted by Gasteiger charge is -2.31. The highest BCUT2D eigenvalue weighted by Crippen LogP contribution is 2.29. The van der Waals surface area contributed by atoms with Crippen molar-refractivity contribution in [2.45, 2.75) is 25.4 Å². The van der Waals surface area contributed by atoms with E-state index in [0.29, 0.717) is 17.7 Å². The van der Waals surface area contributed by atoms with Crippen molar-refractivity contribution in [3.8, 4) is 0 Å². The van der Waals surface area contributed by atoms with Gasteiger partial charge in [-0.15, -0.1) is 0 Å². The van der Waals surface area contributed by atoms with Crippen molar-refractivity contribution < 1.29 is 27.9 Å². The predicted octanol–water partition coefficient (Wildman–Crippen LogP) is 1.26. The number of alkyl halides is 3.